The van der Waals surface area contributed by atoms with Crippen LogP contribution in [0.25, 0.3) is 0 Å². The van der Waals surface area contributed by atoms with Gasteiger partial charge in [-0.3, -0.25) is 4.79 Å². The van der Waals surface area contributed by atoms with Gasteiger partial charge in [-0.15, -0.1) is 0 Å². The lowest BCUT2D eigenvalue weighted by Crippen LogP contribution is -2.48. The average Bonchev–Trinajstić information content (AvgIpc) is 2.69. The third-order valence-electron chi connectivity index (χ3n) is 3.69. The standard InChI is InChI=1S/C12H22N2O4/c1-8(7-18-4)13(3)12(17)14-6-5-10(9(14)2)11(15)16/h8-10H,5-7H2,1-4H3,(H,15,16). The molecule has 1 aliphatic rings. The molecule has 6 nitrogen and oxygen atoms in total. The molecule has 6 heteroatoms. The number of carboxylic acids is 1. The molecule has 1 fully saturated rings. The molecular formula is C12H22N2O4. The predicted octanol–water partition coefficient (Wildman–Crippen LogP) is 0.868. The maximum absolute atomic E-state index is 12.2. The molecule has 0 aromatic rings. The first kappa shape index (κ1) is 14.8. The van der Waals surface area contributed by atoms with Crippen LogP contribution in [-0.2, 0) is 9.53 Å². The molecular weight excluding hydrogens is 236 g/mol. The van der Waals surface area contributed by atoms with Gasteiger partial charge in [0.2, 0.25) is 0 Å². The quantitative estimate of drug-likeness (QED) is 0.812. The molecule has 1 aliphatic heterocycles. The fraction of sp³-hybridized carbons (Fsp3) is 0.833. The number of hydrogen-bond acceptors (Lipinski definition) is 3. The number of carbonyl (C=O) groups is 2. The Morgan fingerprint density at radius 2 is 2.17 bits per heavy atom. The first-order chi connectivity index (χ1) is 8.40. The molecule has 0 saturated carbocycles. The number of nitrogens with zero attached hydrogens (tertiary/aromatic N) is 2. The molecule has 1 saturated heterocycles. The molecule has 18 heavy (non-hydrogen) atoms. The van der Waals surface area contributed by atoms with Gasteiger partial charge in [-0.1, -0.05) is 0 Å². The first-order valence-electron chi connectivity index (χ1n) is 6.15. The van der Waals surface area contributed by atoms with Gasteiger partial charge >= 0.3 is 12.0 Å². The van der Waals surface area contributed by atoms with Crippen LogP contribution in [0.5, 0.6) is 0 Å². The van der Waals surface area contributed by atoms with Gasteiger partial charge in [0.05, 0.1) is 18.6 Å². The first-order valence-corrected chi connectivity index (χ1v) is 6.15. The minimum atomic E-state index is -0.828. The molecule has 0 aromatic heterocycles. The Hall–Kier alpha value is -1.30. The Balaban J connectivity index is 2.65. The van der Waals surface area contributed by atoms with Gasteiger partial charge in [0.25, 0.3) is 0 Å². The highest BCUT2D eigenvalue weighted by Gasteiger charge is 2.39. The summed E-state index contributed by atoms with van der Waals surface area (Å²) in [5, 5.41) is 9.04. The lowest BCUT2D eigenvalue weighted by Gasteiger charge is -2.32. The molecule has 3 atom stereocenters. The van der Waals surface area contributed by atoms with Crippen LogP contribution in [-0.4, -0.2) is 66.3 Å². The number of likely N-dealkylation sites (tertiary alicyclic amines) is 1. The van der Waals surface area contributed by atoms with Gasteiger partial charge in [-0.25, -0.2) is 4.79 Å². The number of carboxylic acid groups (broad SMARTS) is 1. The lowest BCUT2D eigenvalue weighted by atomic mass is 10.0. The fourth-order valence-electron chi connectivity index (χ4n) is 2.28. The van der Waals surface area contributed by atoms with E-state index in [1.807, 2.05) is 6.92 Å². The van der Waals surface area contributed by atoms with Gasteiger partial charge in [-0.2, -0.15) is 0 Å². The molecule has 2 amide bonds. The summed E-state index contributed by atoms with van der Waals surface area (Å²) < 4.78 is 5.02. The monoisotopic (exact) mass is 258 g/mol. The second-order valence-electron chi connectivity index (χ2n) is 4.87. The van der Waals surface area contributed by atoms with Crippen LogP contribution in [0.1, 0.15) is 20.3 Å². The maximum atomic E-state index is 12.2. The number of rotatable bonds is 4. The highest BCUT2D eigenvalue weighted by atomic mass is 16.5. The molecule has 1 heterocycles. The highest BCUT2D eigenvalue weighted by molar-refractivity contribution is 5.78. The van der Waals surface area contributed by atoms with Gasteiger partial charge in [0, 0.05) is 26.7 Å². The Bertz CT molecular complexity index is 321. The van der Waals surface area contributed by atoms with Gasteiger partial charge in [0.15, 0.2) is 0 Å². The molecule has 0 radical (unpaired) electrons. The summed E-state index contributed by atoms with van der Waals surface area (Å²) in [4.78, 5) is 26.5. The van der Waals surface area contributed by atoms with E-state index in [1.54, 1.807) is 30.9 Å². The number of amides is 2. The van der Waals surface area contributed by atoms with Crippen molar-refractivity contribution in [2.75, 3.05) is 27.3 Å². The van der Waals surface area contributed by atoms with Crippen molar-refractivity contribution in [2.24, 2.45) is 5.92 Å². The summed E-state index contributed by atoms with van der Waals surface area (Å²) in [6, 6.07) is -0.415. The van der Waals surface area contributed by atoms with Gasteiger partial charge < -0.3 is 19.6 Å². The van der Waals surface area contributed by atoms with Crippen molar-refractivity contribution >= 4 is 12.0 Å². The van der Waals surface area contributed by atoms with Crippen LogP contribution in [0.3, 0.4) is 0 Å². The predicted molar refractivity (Wildman–Crippen MR) is 66.4 cm³/mol. The zero-order valence-corrected chi connectivity index (χ0v) is 11.4. The second-order valence-corrected chi connectivity index (χ2v) is 4.87. The van der Waals surface area contributed by atoms with E-state index in [4.69, 9.17) is 9.84 Å². The summed E-state index contributed by atoms with van der Waals surface area (Å²) in [5.41, 5.74) is 0. The zero-order chi connectivity index (χ0) is 13.9. The van der Waals surface area contributed by atoms with E-state index in [9.17, 15) is 9.59 Å². The minimum Gasteiger partial charge on any atom is -0.481 e. The third kappa shape index (κ3) is 2.93. The van der Waals surface area contributed by atoms with Crippen molar-refractivity contribution in [2.45, 2.75) is 32.4 Å². The summed E-state index contributed by atoms with van der Waals surface area (Å²) >= 11 is 0. The molecule has 104 valence electrons. The van der Waals surface area contributed by atoms with Crippen LogP contribution in [0.15, 0.2) is 0 Å². The lowest BCUT2D eigenvalue weighted by molar-refractivity contribution is -0.142. The summed E-state index contributed by atoms with van der Waals surface area (Å²) in [7, 11) is 3.31. The van der Waals surface area contributed by atoms with Gasteiger partial charge in [-0.05, 0) is 20.3 Å². The molecule has 0 spiro atoms. The molecule has 0 aromatic carbocycles. The van der Waals surface area contributed by atoms with E-state index in [0.717, 1.165) is 0 Å². The van der Waals surface area contributed by atoms with Crippen LogP contribution in [0.4, 0.5) is 4.79 Å². The topological polar surface area (TPSA) is 70.1 Å². The van der Waals surface area contributed by atoms with E-state index in [-0.39, 0.29) is 18.1 Å². The van der Waals surface area contributed by atoms with Crippen LogP contribution in [0, 0.1) is 5.92 Å². The molecule has 3 unspecified atom stereocenters. The van der Waals surface area contributed by atoms with Crippen molar-refractivity contribution in [1.82, 2.24) is 9.80 Å². The molecule has 0 aliphatic carbocycles. The SMILES string of the molecule is COCC(C)N(C)C(=O)N1CCC(C(=O)O)C1C. The number of urea groups is 1. The number of carbonyl (C=O) groups excluding carboxylic acids is 1. The van der Waals surface area contributed by atoms with Crippen molar-refractivity contribution in [3.8, 4) is 0 Å². The number of hydrogen-bond donors (Lipinski definition) is 1. The number of methoxy groups -OCH3 is 1. The van der Waals surface area contributed by atoms with Crippen molar-refractivity contribution < 1.29 is 19.4 Å². The van der Waals surface area contributed by atoms with E-state index >= 15 is 0 Å². The van der Waals surface area contributed by atoms with Crippen LogP contribution in [0.2, 0.25) is 0 Å². The largest absolute Gasteiger partial charge is 0.481 e. The molecule has 0 bridgehead atoms. The van der Waals surface area contributed by atoms with Gasteiger partial charge in [0.1, 0.15) is 0 Å². The molecule has 1 rings (SSSR count). The average molecular weight is 258 g/mol. The van der Waals surface area contributed by atoms with Crippen LogP contribution >= 0.6 is 0 Å². The normalized spacial score (nSPS) is 25.0. The van der Waals surface area contributed by atoms with Crippen molar-refractivity contribution in [3.05, 3.63) is 0 Å². The van der Waals surface area contributed by atoms with E-state index in [1.165, 1.54) is 0 Å². The smallest absolute Gasteiger partial charge is 0.320 e. The Morgan fingerprint density at radius 1 is 1.56 bits per heavy atom. The number of likely N-dealkylation sites (N-methyl/N-ethyl adjacent to an activating group) is 1. The van der Waals surface area contributed by atoms with E-state index in [0.29, 0.717) is 19.6 Å². The summed E-state index contributed by atoms with van der Waals surface area (Å²) in [5.74, 6) is -1.29. The zero-order valence-electron chi connectivity index (χ0n) is 11.4. The van der Waals surface area contributed by atoms with Crippen LogP contribution < -0.4 is 0 Å². The third-order valence-corrected chi connectivity index (χ3v) is 3.69. The number of ether oxygens (including phenoxy) is 1. The number of aliphatic carboxylic acids is 1. The maximum Gasteiger partial charge on any atom is 0.320 e. The van der Waals surface area contributed by atoms with E-state index < -0.39 is 11.9 Å². The second kappa shape index (κ2) is 6.04. The van der Waals surface area contributed by atoms with Crippen molar-refractivity contribution in [1.29, 1.82) is 0 Å². The Kier molecular flexibility index (Phi) is 4.95. The Morgan fingerprint density at radius 3 is 2.61 bits per heavy atom. The Labute approximate surface area is 107 Å². The van der Waals surface area contributed by atoms with E-state index in [2.05, 4.69) is 0 Å². The van der Waals surface area contributed by atoms with Crippen molar-refractivity contribution in [3.63, 3.8) is 0 Å². The fourth-order valence-corrected chi connectivity index (χ4v) is 2.28. The summed E-state index contributed by atoms with van der Waals surface area (Å²) in [6.07, 6.45) is 0.523. The molecule has 1 N–H and O–H groups in total. The highest BCUT2D eigenvalue weighted by Crippen LogP contribution is 2.25. The minimum absolute atomic E-state index is 0.0291. The summed E-state index contributed by atoms with van der Waals surface area (Å²) in [6.45, 7) is 4.66.